The van der Waals surface area contributed by atoms with Crippen molar-refractivity contribution in [2.75, 3.05) is 0 Å². The molecular weight excluding hydrogens is 410 g/mol. The van der Waals surface area contributed by atoms with Gasteiger partial charge in [-0.15, -0.1) is 0 Å². The first-order valence-corrected chi connectivity index (χ1v) is 17.3. The van der Waals surface area contributed by atoms with E-state index in [-0.39, 0.29) is 0 Å². The summed E-state index contributed by atoms with van der Waals surface area (Å²) in [5.41, 5.74) is 4.49. The van der Waals surface area contributed by atoms with Gasteiger partial charge in [-0.05, 0) is 71.5 Å². The molecule has 0 bridgehead atoms. The van der Waals surface area contributed by atoms with Gasteiger partial charge in [-0.1, -0.05) is 83.9 Å². The summed E-state index contributed by atoms with van der Waals surface area (Å²) in [6, 6.07) is 26.6. The van der Waals surface area contributed by atoms with Gasteiger partial charge in [-0.3, -0.25) is 0 Å². The smallest absolute Gasteiger partial charge is 0.179 e. The number of aryl methyl sites for hydroxylation is 1. The molecule has 0 radical (unpaired) electrons. The van der Waals surface area contributed by atoms with Crippen molar-refractivity contribution in [3.63, 3.8) is 0 Å². The predicted molar refractivity (Wildman–Crippen MR) is 139 cm³/mol. The molecule has 2 nitrogen and oxygen atoms in total. The SMILES string of the molecule is CCCC[Si](CC)(CC)O[Si](CC)(CC)CCc1ccc(-c2ccc(C#N)cc2)cc1. The van der Waals surface area contributed by atoms with Crippen molar-refractivity contribution in [1.82, 2.24) is 0 Å². The first kappa shape index (κ1) is 25.6. The lowest BCUT2D eigenvalue weighted by molar-refractivity contribution is 0.500. The molecule has 0 unspecified atom stereocenters. The minimum absolute atomic E-state index is 0.707. The van der Waals surface area contributed by atoms with Crippen LogP contribution in [0.3, 0.4) is 0 Å². The Morgan fingerprint density at radius 2 is 1.19 bits per heavy atom. The third kappa shape index (κ3) is 6.90. The second-order valence-corrected chi connectivity index (χ2v) is 18.2. The highest BCUT2D eigenvalue weighted by atomic mass is 28.4. The molecule has 0 heterocycles. The van der Waals surface area contributed by atoms with Crippen molar-refractivity contribution in [2.45, 2.75) is 90.1 Å². The van der Waals surface area contributed by atoms with Crippen molar-refractivity contribution >= 4 is 16.6 Å². The fourth-order valence-electron chi connectivity index (χ4n) is 4.53. The van der Waals surface area contributed by atoms with Crippen LogP contribution in [0.5, 0.6) is 0 Å². The molecule has 0 aliphatic rings. The molecule has 0 atom stereocenters. The van der Waals surface area contributed by atoms with Crippen LogP contribution in [-0.4, -0.2) is 16.6 Å². The standard InChI is InChI=1S/C27H41NOSi2/c1-6-11-21-30(7-2,8-3)29-31(9-4,10-5)22-20-24-12-16-26(17-13-24)27-18-14-25(23-28)15-19-27/h12-19H,6-11,20-22H2,1-5H3. The van der Waals surface area contributed by atoms with Gasteiger partial charge in [-0.2, -0.15) is 5.26 Å². The number of hydrogen-bond donors (Lipinski definition) is 0. The molecule has 0 fully saturated rings. The molecule has 2 aromatic carbocycles. The summed E-state index contributed by atoms with van der Waals surface area (Å²) in [5.74, 6) is 0. The molecule has 0 saturated carbocycles. The average Bonchev–Trinajstić information content (AvgIpc) is 2.84. The zero-order valence-corrected chi connectivity index (χ0v) is 22.3. The van der Waals surface area contributed by atoms with Crippen molar-refractivity contribution in [3.05, 3.63) is 59.7 Å². The van der Waals surface area contributed by atoms with E-state index >= 15 is 0 Å². The van der Waals surface area contributed by atoms with Gasteiger partial charge in [0.05, 0.1) is 11.6 Å². The van der Waals surface area contributed by atoms with E-state index in [1.165, 1.54) is 60.2 Å². The summed E-state index contributed by atoms with van der Waals surface area (Å²) in [7, 11) is -3.31. The van der Waals surface area contributed by atoms with Gasteiger partial charge < -0.3 is 4.12 Å². The molecule has 0 aliphatic heterocycles. The van der Waals surface area contributed by atoms with Crippen LogP contribution in [0, 0.1) is 11.3 Å². The number of nitrogens with zero attached hydrogens (tertiary/aromatic N) is 1. The van der Waals surface area contributed by atoms with Crippen LogP contribution in [0.25, 0.3) is 11.1 Å². The third-order valence-corrected chi connectivity index (χ3v) is 18.2. The van der Waals surface area contributed by atoms with Crippen LogP contribution >= 0.6 is 0 Å². The second kappa shape index (κ2) is 12.4. The number of benzene rings is 2. The lowest BCUT2D eigenvalue weighted by Gasteiger charge is -2.41. The fraction of sp³-hybridized carbons (Fsp3) is 0.519. The molecule has 0 aromatic heterocycles. The Morgan fingerprint density at radius 1 is 0.710 bits per heavy atom. The molecule has 0 aliphatic carbocycles. The predicted octanol–water partition coefficient (Wildman–Crippen LogP) is 8.56. The zero-order valence-electron chi connectivity index (χ0n) is 20.3. The Kier molecular flexibility index (Phi) is 10.2. The Balaban J connectivity index is 2.10. The number of rotatable bonds is 13. The largest absolute Gasteiger partial charge is 0.455 e. The highest BCUT2D eigenvalue weighted by Crippen LogP contribution is 2.34. The maximum Gasteiger partial charge on any atom is 0.179 e. The number of hydrogen-bond acceptors (Lipinski definition) is 2. The topological polar surface area (TPSA) is 33.0 Å². The monoisotopic (exact) mass is 451 g/mol. The first-order chi connectivity index (χ1) is 15.0. The molecule has 0 saturated heterocycles. The summed E-state index contributed by atoms with van der Waals surface area (Å²) in [4.78, 5) is 0. The minimum atomic E-state index is -1.71. The van der Waals surface area contributed by atoms with Crippen LogP contribution < -0.4 is 0 Å². The van der Waals surface area contributed by atoms with Crippen LogP contribution in [0.4, 0.5) is 0 Å². The lowest BCUT2D eigenvalue weighted by atomic mass is 10.0. The van der Waals surface area contributed by atoms with E-state index in [0.29, 0.717) is 5.56 Å². The normalized spacial score (nSPS) is 12.0. The zero-order chi connectivity index (χ0) is 22.7. The summed E-state index contributed by atoms with van der Waals surface area (Å²) in [6.45, 7) is 11.8. The van der Waals surface area contributed by atoms with Crippen LogP contribution in [0.15, 0.2) is 48.5 Å². The Hall–Kier alpha value is -1.68. The molecule has 0 amide bonds. The highest BCUT2D eigenvalue weighted by molar-refractivity contribution is 6.87. The van der Waals surface area contributed by atoms with Crippen molar-refractivity contribution in [1.29, 1.82) is 5.26 Å². The van der Waals surface area contributed by atoms with Crippen molar-refractivity contribution < 1.29 is 4.12 Å². The van der Waals surface area contributed by atoms with Gasteiger partial charge in [0.1, 0.15) is 0 Å². The molecule has 4 heteroatoms. The van der Waals surface area contributed by atoms with E-state index in [1.54, 1.807) is 0 Å². The fourth-order valence-corrected chi connectivity index (χ4v) is 15.5. The first-order valence-electron chi connectivity index (χ1n) is 12.3. The molecular formula is C27H41NOSi2. The van der Waals surface area contributed by atoms with Crippen molar-refractivity contribution in [3.8, 4) is 17.2 Å². The van der Waals surface area contributed by atoms with Crippen LogP contribution in [0.1, 0.15) is 58.6 Å². The van der Waals surface area contributed by atoms with Gasteiger partial charge in [0, 0.05) is 0 Å². The third-order valence-electron chi connectivity index (χ3n) is 7.17. The van der Waals surface area contributed by atoms with Crippen LogP contribution in [0.2, 0.25) is 36.3 Å². The Bertz CT molecular complexity index is 816. The summed E-state index contributed by atoms with van der Waals surface area (Å²) in [6.07, 6.45) is 3.71. The maximum atomic E-state index is 8.99. The molecule has 0 N–H and O–H groups in total. The van der Waals surface area contributed by atoms with Crippen LogP contribution in [-0.2, 0) is 10.5 Å². The van der Waals surface area contributed by atoms with E-state index in [9.17, 15) is 0 Å². The Labute approximate surface area is 192 Å². The van der Waals surface area contributed by atoms with E-state index in [4.69, 9.17) is 9.38 Å². The Morgan fingerprint density at radius 3 is 1.65 bits per heavy atom. The van der Waals surface area contributed by atoms with Gasteiger partial charge in [0.15, 0.2) is 16.6 Å². The summed E-state index contributed by atoms with van der Waals surface area (Å²) < 4.78 is 7.31. The van der Waals surface area contributed by atoms with Crippen molar-refractivity contribution in [2.24, 2.45) is 0 Å². The lowest BCUT2D eigenvalue weighted by Crippen LogP contribution is -2.50. The maximum absolute atomic E-state index is 8.99. The second-order valence-electron chi connectivity index (χ2n) is 8.87. The minimum Gasteiger partial charge on any atom is -0.455 e. The molecule has 31 heavy (non-hydrogen) atoms. The van der Waals surface area contributed by atoms with Gasteiger partial charge >= 0.3 is 0 Å². The summed E-state index contributed by atoms with van der Waals surface area (Å²) in [5, 5.41) is 8.99. The molecule has 0 spiro atoms. The van der Waals surface area contributed by atoms with Gasteiger partial charge in [0.25, 0.3) is 0 Å². The summed E-state index contributed by atoms with van der Waals surface area (Å²) >= 11 is 0. The van der Waals surface area contributed by atoms with E-state index in [0.717, 1.165) is 12.0 Å². The molecule has 2 rings (SSSR count). The molecule has 2 aromatic rings. The van der Waals surface area contributed by atoms with E-state index < -0.39 is 16.6 Å². The number of nitriles is 1. The number of unbranched alkanes of at least 4 members (excludes halogenated alkanes) is 1. The van der Waals surface area contributed by atoms with Gasteiger partial charge in [-0.25, -0.2) is 0 Å². The van der Waals surface area contributed by atoms with E-state index in [2.05, 4.69) is 65.0 Å². The quantitative estimate of drug-likeness (QED) is 0.286. The molecule has 168 valence electrons. The highest BCUT2D eigenvalue weighted by Gasteiger charge is 2.40. The average molecular weight is 452 g/mol. The van der Waals surface area contributed by atoms with Gasteiger partial charge in [0.2, 0.25) is 0 Å². The van der Waals surface area contributed by atoms with E-state index in [1.807, 2.05) is 24.3 Å².